The summed E-state index contributed by atoms with van der Waals surface area (Å²) in [6, 6.07) is 18.9. The highest BCUT2D eigenvalue weighted by Crippen LogP contribution is 2.35. The van der Waals surface area contributed by atoms with E-state index in [2.05, 4.69) is 53.8 Å². The molecule has 3 N–H and O–H groups in total. The summed E-state index contributed by atoms with van der Waals surface area (Å²) in [4.78, 5) is 7.18. The van der Waals surface area contributed by atoms with Crippen molar-refractivity contribution >= 4 is 28.4 Å². The van der Waals surface area contributed by atoms with E-state index in [0.29, 0.717) is 6.54 Å². The summed E-state index contributed by atoms with van der Waals surface area (Å²) in [5.41, 5.74) is 8.80. The number of pyridine rings is 1. The highest BCUT2D eigenvalue weighted by molar-refractivity contribution is 7.99. The zero-order chi connectivity index (χ0) is 16.1. The van der Waals surface area contributed by atoms with Crippen LogP contribution in [-0.2, 0) is 0 Å². The molecule has 0 saturated heterocycles. The fraction of sp³-hybridized carbons (Fsp3) is 0.211. The predicted octanol–water partition coefficient (Wildman–Crippen LogP) is 4.46. The minimum Gasteiger partial charge on any atom is -0.384 e. The summed E-state index contributed by atoms with van der Waals surface area (Å²) in [7, 11) is 0. The van der Waals surface area contributed by atoms with Gasteiger partial charge in [-0.25, -0.2) is 0 Å². The van der Waals surface area contributed by atoms with Crippen molar-refractivity contribution in [3.8, 4) is 0 Å². The third-order valence-electron chi connectivity index (χ3n) is 3.60. The van der Waals surface area contributed by atoms with Crippen molar-refractivity contribution in [3.63, 3.8) is 0 Å². The van der Waals surface area contributed by atoms with Gasteiger partial charge in [0.2, 0.25) is 0 Å². The van der Waals surface area contributed by atoms with Crippen molar-refractivity contribution in [1.82, 2.24) is 4.98 Å². The number of rotatable bonds is 6. The molecule has 0 aliphatic heterocycles. The number of fused-ring (bicyclic) bond motifs is 1. The molecule has 3 aromatic rings. The maximum absolute atomic E-state index is 5.59. The van der Waals surface area contributed by atoms with Crippen LogP contribution in [0.3, 0.4) is 0 Å². The van der Waals surface area contributed by atoms with E-state index in [9.17, 15) is 0 Å². The summed E-state index contributed by atoms with van der Waals surface area (Å²) in [5, 5.41) is 4.65. The van der Waals surface area contributed by atoms with Crippen molar-refractivity contribution in [2.45, 2.75) is 23.1 Å². The van der Waals surface area contributed by atoms with E-state index in [0.717, 1.165) is 35.2 Å². The van der Waals surface area contributed by atoms with Gasteiger partial charge in [0, 0.05) is 33.1 Å². The quantitative estimate of drug-likeness (QED) is 0.658. The van der Waals surface area contributed by atoms with Crippen molar-refractivity contribution in [2.75, 3.05) is 18.4 Å². The van der Waals surface area contributed by atoms with E-state index < -0.39 is 0 Å². The molecule has 118 valence electrons. The van der Waals surface area contributed by atoms with Crippen LogP contribution in [0.5, 0.6) is 0 Å². The number of hydrogen-bond donors (Lipinski definition) is 2. The van der Waals surface area contributed by atoms with Gasteiger partial charge in [-0.3, -0.25) is 4.98 Å². The Kier molecular flexibility index (Phi) is 5.16. The molecule has 1 aromatic heterocycles. The molecule has 0 bridgehead atoms. The summed E-state index contributed by atoms with van der Waals surface area (Å²) in [6.45, 7) is 3.62. The third kappa shape index (κ3) is 3.84. The van der Waals surface area contributed by atoms with Gasteiger partial charge >= 0.3 is 0 Å². The molecule has 2 aromatic carbocycles. The molecule has 1 heterocycles. The lowest BCUT2D eigenvalue weighted by Gasteiger charge is -2.13. The highest BCUT2D eigenvalue weighted by atomic mass is 32.2. The molecular weight excluding hydrogens is 302 g/mol. The van der Waals surface area contributed by atoms with Crippen LogP contribution in [-0.4, -0.2) is 18.1 Å². The summed E-state index contributed by atoms with van der Waals surface area (Å²) >= 11 is 1.75. The average molecular weight is 323 g/mol. The largest absolute Gasteiger partial charge is 0.384 e. The van der Waals surface area contributed by atoms with E-state index in [4.69, 9.17) is 10.7 Å². The van der Waals surface area contributed by atoms with Crippen LogP contribution in [0.2, 0.25) is 0 Å². The first-order valence-corrected chi connectivity index (χ1v) is 8.67. The van der Waals surface area contributed by atoms with Crippen LogP contribution in [0.25, 0.3) is 10.9 Å². The predicted molar refractivity (Wildman–Crippen MR) is 99.2 cm³/mol. The lowest BCUT2D eigenvalue weighted by molar-refractivity contribution is 0.875. The van der Waals surface area contributed by atoms with Gasteiger partial charge in [0.15, 0.2) is 0 Å². The second kappa shape index (κ2) is 7.49. The normalized spacial score (nSPS) is 10.9. The van der Waals surface area contributed by atoms with Crippen LogP contribution < -0.4 is 11.1 Å². The van der Waals surface area contributed by atoms with Crippen LogP contribution in [0, 0.1) is 6.92 Å². The molecule has 3 rings (SSSR count). The van der Waals surface area contributed by atoms with Gasteiger partial charge in [0.05, 0.1) is 5.52 Å². The number of nitrogens with two attached hydrogens (primary N) is 1. The van der Waals surface area contributed by atoms with E-state index >= 15 is 0 Å². The van der Waals surface area contributed by atoms with Crippen molar-refractivity contribution < 1.29 is 0 Å². The number of nitrogens with one attached hydrogen (secondary N) is 1. The van der Waals surface area contributed by atoms with Crippen LogP contribution >= 0.6 is 11.8 Å². The fourth-order valence-corrected chi connectivity index (χ4v) is 3.47. The number of aryl methyl sites for hydroxylation is 1. The van der Waals surface area contributed by atoms with E-state index in [1.165, 1.54) is 9.79 Å². The molecular formula is C19H21N3S. The molecule has 0 spiro atoms. The third-order valence-corrected chi connectivity index (χ3v) is 4.66. The number of aromatic nitrogens is 1. The molecule has 0 atom stereocenters. The van der Waals surface area contributed by atoms with Crippen molar-refractivity contribution in [3.05, 3.63) is 60.3 Å². The first-order valence-electron chi connectivity index (χ1n) is 7.85. The maximum Gasteiger partial charge on any atom is 0.0865 e. The van der Waals surface area contributed by atoms with Crippen molar-refractivity contribution in [2.24, 2.45) is 5.73 Å². The Morgan fingerprint density at radius 3 is 2.70 bits per heavy atom. The van der Waals surface area contributed by atoms with Gasteiger partial charge in [0.1, 0.15) is 0 Å². The molecule has 0 fully saturated rings. The highest BCUT2D eigenvalue weighted by Gasteiger charge is 2.09. The Morgan fingerprint density at radius 1 is 1.09 bits per heavy atom. The van der Waals surface area contributed by atoms with Crippen molar-refractivity contribution in [1.29, 1.82) is 0 Å². The summed E-state index contributed by atoms with van der Waals surface area (Å²) < 4.78 is 0. The van der Waals surface area contributed by atoms with Gasteiger partial charge < -0.3 is 11.1 Å². The Morgan fingerprint density at radius 2 is 1.91 bits per heavy atom. The summed E-state index contributed by atoms with van der Waals surface area (Å²) in [5.74, 6) is 0. The van der Waals surface area contributed by atoms with Crippen LogP contribution in [0.4, 0.5) is 5.69 Å². The Labute approximate surface area is 141 Å². The SMILES string of the molecule is Cc1cc(NCCCN)c2cccc(Sc3ccccc3)c2n1. The minimum atomic E-state index is 0.699. The summed E-state index contributed by atoms with van der Waals surface area (Å²) in [6.07, 6.45) is 0.960. The maximum atomic E-state index is 5.59. The minimum absolute atomic E-state index is 0.699. The smallest absolute Gasteiger partial charge is 0.0865 e. The molecule has 0 radical (unpaired) electrons. The van der Waals surface area contributed by atoms with Crippen LogP contribution in [0.1, 0.15) is 12.1 Å². The Hall–Kier alpha value is -2.04. The topological polar surface area (TPSA) is 50.9 Å². The van der Waals surface area contributed by atoms with Gasteiger partial charge in [0.25, 0.3) is 0 Å². The average Bonchev–Trinajstić information content (AvgIpc) is 2.57. The van der Waals surface area contributed by atoms with E-state index in [1.54, 1.807) is 11.8 Å². The molecule has 0 aliphatic carbocycles. The lowest BCUT2D eigenvalue weighted by atomic mass is 10.1. The number of anilines is 1. The standard InChI is InChI=1S/C19H21N3S/c1-14-13-17(21-12-6-11-20)16-9-5-10-18(19(16)22-14)23-15-7-3-2-4-8-15/h2-5,7-10,13H,6,11-12,20H2,1H3,(H,21,22). The molecule has 3 nitrogen and oxygen atoms in total. The van der Waals surface area contributed by atoms with E-state index in [-0.39, 0.29) is 0 Å². The van der Waals surface area contributed by atoms with Gasteiger partial charge in [-0.15, -0.1) is 0 Å². The first-order chi connectivity index (χ1) is 11.3. The van der Waals surface area contributed by atoms with Gasteiger partial charge in [-0.1, -0.05) is 42.1 Å². The van der Waals surface area contributed by atoms with E-state index in [1.807, 2.05) is 13.0 Å². The molecule has 23 heavy (non-hydrogen) atoms. The monoisotopic (exact) mass is 323 g/mol. The molecule has 0 aliphatic rings. The number of para-hydroxylation sites is 1. The molecule has 0 amide bonds. The van der Waals surface area contributed by atoms with Gasteiger partial charge in [-0.05, 0) is 44.2 Å². The number of benzene rings is 2. The molecule has 4 heteroatoms. The fourth-order valence-electron chi connectivity index (χ4n) is 2.52. The Bertz CT molecular complexity index is 787. The zero-order valence-electron chi connectivity index (χ0n) is 13.3. The lowest BCUT2D eigenvalue weighted by Crippen LogP contribution is -2.09. The number of nitrogens with zero attached hydrogens (tertiary/aromatic N) is 1. The van der Waals surface area contributed by atoms with Gasteiger partial charge in [-0.2, -0.15) is 0 Å². The first kappa shape index (κ1) is 15.8. The second-order valence-electron chi connectivity index (χ2n) is 5.45. The molecule has 0 saturated carbocycles. The number of hydrogen-bond acceptors (Lipinski definition) is 4. The molecule has 0 unspecified atom stereocenters. The second-order valence-corrected chi connectivity index (χ2v) is 6.56. The van der Waals surface area contributed by atoms with Crippen LogP contribution in [0.15, 0.2) is 64.4 Å². The zero-order valence-corrected chi connectivity index (χ0v) is 14.1. The Balaban J connectivity index is 1.99.